The number of rotatable bonds is 4. The van der Waals surface area contributed by atoms with Crippen LogP contribution in [0.3, 0.4) is 0 Å². The van der Waals surface area contributed by atoms with Crippen molar-refractivity contribution in [3.63, 3.8) is 0 Å². The zero-order valence-electron chi connectivity index (χ0n) is 9.27. The molecule has 6 heteroatoms. The molecule has 0 saturated heterocycles. The lowest BCUT2D eigenvalue weighted by Gasteiger charge is -2.11. The van der Waals surface area contributed by atoms with Crippen LogP contribution in [0.25, 0.3) is 0 Å². The average Bonchev–Trinajstić information content (AvgIpc) is 2.25. The van der Waals surface area contributed by atoms with E-state index in [1.807, 2.05) is 0 Å². The number of hydrogen-bond donors (Lipinski definition) is 2. The van der Waals surface area contributed by atoms with Crippen molar-refractivity contribution in [1.82, 2.24) is 5.32 Å². The molecule has 0 aromatic heterocycles. The molecule has 0 heterocycles. The second-order valence-corrected chi connectivity index (χ2v) is 3.70. The average molecular weight is 246 g/mol. The number of carbonyl (C=O) groups is 1. The Morgan fingerprint density at radius 2 is 1.88 bits per heavy atom. The largest absolute Gasteiger partial charge is 0.359 e. The quantitative estimate of drug-likeness (QED) is 0.782. The number of carbonyl (C=O) groups excluding carboxylic acids is 1. The third-order valence-corrected chi connectivity index (χ3v) is 2.30. The van der Waals surface area contributed by atoms with Gasteiger partial charge in [-0.1, -0.05) is 0 Å². The molecule has 0 spiro atoms. The van der Waals surface area contributed by atoms with Crippen LogP contribution < -0.4 is 11.1 Å². The van der Waals surface area contributed by atoms with E-state index in [9.17, 15) is 18.0 Å². The maximum atomic E-state index is 13.2. The summed E-state index contributed by atoms with van der Waals surface area (Å²) in [6.07, 6.45) is -0.0363. The Balaban J connectivity index is 2.74. The molecule has 0 bridgehead atoms. The van der Waals surface area contributed by atoms with Crippen LogP contribution in [0.1, 0.15) is 12.0 Å². The highest BCUT2D eigenvalue weighted by Crippen LogP contribution is 2.15. The highest BCUT2D eigenvalue weighted by atomic mass is 19.2. The maximum Gasteiger partial charge on any atom is 0.221 e. The molecule has 0 radical (unpaired) electrons. The molecular formula is C11H13F3N2O. The van der Waals surface area contributed by atoms with Gasteiger partial charge in [-0.15, -0.1) is 0 Å². The lowest BCUT2D eigenvalue weighted by Crippen LogP contribution is -2.31. The fraction of sp³-hybridized carbons (Fsp3) is 0.364. The fourth-order valence-electron chi connectivity index (χ4n) is 1.42. The summed E-state index contributed by atoms with van der Waals surface area (Å²) >= 11 is 0. The van der Waals surface area contributed by atoms with E-state index in [2.05, 4.69) is 5.32 Å². The first-order chi connectivity index (χ1) is 7.93. The van der Waals surface area contributed by atoms with Crippen LogP contribution in [0.15, 0.2) is 12.1 Å². The first-order valence-corrected chi connectivity index (χ1v) is 5.03. The summed E-state index contributed by atoms with van der Waals surface area (Å²) in [6, 6.07) is 0.584. The molecule has 3 nitrogen and oxygen atoms in total. The first-order valence-electron chi connectivity index (χ1n) is 5.03. The molecule has 1 amide bonds. The SMILES string of the molecule is CNC(=O)CC(N)Cc1cc(F)c(F)cc1F. The van der Waals surface area contributed by atoms with Crippen LogP contribution in [0.2, 0.25) is 0 Å². The molecule has 0 fully saturated rings. The van der Waals surface area contributed by atoms with E-state index in [-0.39, 0.29) is 24.3 Å². The maximum absolute atomic E-state index is 13.2. The van der Waals surface area contributed by atoms with E-state index in [0.717, 1.165) is 6.07 Å². The van der Waals surface area contributed by atoms with Gasteiger partial charge < -0.3 is 11.1 Å². The second kappa shape index (κ2) is 5.67. The van der Waals surface area contributed by atoms with Gasteiger partial charge in [-0.25, -0.2) is 13.2 Å². The van der Waals surface area contributed by atoms with E-state index in [0.29, 0.717) is 6.07 Å². The zero-order chi connectivity index (χ0) is 13.0. The van der Waals surface area contributed by atoms with Crippen molar-refractivity contribution in [2.75, 3.05) is 7.05 Å². The van der Waals surface area contributed by atoms with Crippen LogP contribution in [0.4, 0.5) is 13.2 Å². The molecule has 94 valence electrons. The predicted octanol–water partition coefficient (Wildman–Crippen LogP) is 1.11. The van der Waals surface area contributed by atoms with E-state index in [1.165, 1.54) is 7.05 Å². The lowest BCUT2D eigenvalue weighted by molar-refractivity contribution is -0.120. The van der Waals surface area contributed by atoms with Gasteiger partial charge >= 0.3 is 0 Å². The summed E-state index contributed by atoms with van der Waals surface area (Å²) in [5.74, 6) is -3.53. The van der Waals surface area contributed by atoms with E-state index in [4.69, 9.17) is 5.73 Å². The number of amides is 1. The van der Waals surface area contributed by atoms with Crippen LogP contribution in [0, 0.1) is 17.5 Å². The molecule has 0 aliphatic carbocycles. The first kappa shape index (κ1) is 13.5. The summed E-state index contributed by atoms with van der Waals surface area (Å²) in [6.45, 7) is 0. The molecule has 1 aromatic rings. The van der Waals surface area contributed by atoms with Gasteiger partial charge in [0.15, 0.2) is 11.6 Å². The summed E-state index contributed by atoms with van der Waals surface area (Å²) in [7, 11) is 1.45. The van der Waals surface area contributed by atoms with E-state index in [1.54, 1.807) is 0 Å². The lowest BCUT2D eigenvalue weighted by atomic mass is 10.0. The van der Waals surface area contributed by atoms with E-state index < -0.39 is 23.5 Å². The summed E-state index contributed by atoms with van der Waals surface area (Å²) in [5.41, 5.74) is 5.55. The normalized spacial score (nSPS) is 12.3. The van der Waals surface area contributed by atoms with Gasteiger partial charge in [-0.3, -0.25) is 4.79 Å². The van der Waals surface area contributed by atoms with Crippen LogP contribution in [-0.4, -0.2) is 19.0 Å². The number of hydrogen-bond acceptors (Lipinski definition) is 2. The van der Waals surface area contributed by atoms with Gasteiger partial charge in [-0.05, 0) is 18.1 Å². The number of nitrogens with one attached hydrogen (secondary N) is 1. The monoisotopic (exact) mass is 246 g/mol. The topological polar surface area (TPSA) is 55.1 Å². The molecule has 1 aromatic carbocycles. The summed E-state index contributed by atoms with van der Waals surface area (Å²) < 4.78 is 38.8. The van der Waals surface area contributed by atoms with Gasteiger partial charge in [0, 0.05) is 25.6 Å². The smallest absolute Gasteiger partial charge is 0.221 e. The Kier molecular flexibility index (Phi) is 4.51. The molecule has 0 aliphatic heterocycles. The van der Waals surface area contributed by atoms with Crippen molar-refractivity contribution in [2.24, 2.45) is 5.73 Å². The standard InChI is InChI=1S/C11H13F3N2O/c1-16-11(17)4-7(15)2-6-3-9(13)10(14)5-8(6)12/h3,5,7H,2,4,15H2,1H3,(H,16,17). The van der Waals surface area contributed by atoms with Crippen LogP contribution in [0.5, 0.6) is 0 Å². The van der Waals surface area contributed by atoms with Crippen molar-refractivity contribution in [3.8, 4) is 0 Å². The molecule has 1 atom stereocenters. The Labute approximate surface area is 96.8 Å². The zero-order valence-corrected chi connectivity index (χ0v) is 9.27. The minimum absolute atomic E-state index is 0.00502. The Hall–Kier alpha value is -1.56. The van der Waals surface area contributed by atoms with Crippen molar-refractivity contribution in [2.45, 2.75) is 18.9 Å². The number of benzene rings is 1. The number of halogens is 3. The fourth-order valence-corrected chi connectivity index (χ4v) is 1.42. The summed E-state index contributed by atoms with van der Waals surface area (Å²) in [5, 5.41) is 2.37. The summed E-state index contributed by atoms with van der Waals surface area (Å²) in [4.78, 5) is 11.0. The van der Waals surface area contributed by atoms with Crippen molar-refractivity contribution in [3.05, 3.63) is 35.1 Å². The van der Waals surface area contributed by atoms with Crippen LogP contribution in [-0.2, 0) is 11.2 Å². The molecular weight excluding hydrogens is 233 g/mol. The predicted molar refractivity (Wildman–Crippen MR) is 56.7 cm³/mol. The highest BCUT2D eigenvalue weighted by Gasteiger charge is 2.14. The molecule has 1 rings (SSSR count). The third kappa shape index (κ3) is 3.74. The molecule has 0 saturated carbocycles. The van der Waals surface area contributed by atoms with Gasteiger partial charge in [0.25, 0.3) is 0 Å². The Bertz CT molecular complexity index is 423. The minimum atomic E-state index is -1.24. The van der Waals surface area contributed by atoms with Crippen LogP contribution >= 0.6 is 0 Å². The van der Waals surface area contributed by atoms with Crippen molar-refractivity contribution < 1.29 is 18.0 Å². The minimum Gasteiger partial charge on any atom is -0.359 e. The Morgan fingerprint density at radius 1 is 1.29 bits per heavy atom. The van der Waals surface area contributed by atoms with Gasteiger partial charge in [0.1, 0.15) is 5.82 Å². The van der Waals surface area contributed by atoms with Gasteiger partial charge in [0.05, 0.1) is 0 Å². The second-order valence-electron chi connectivity index (χ2n) is 3.70. The molecule has 17 heavy (non-hydrogen) atoms. The Morgan fingerprint density at radius 3 is 2.47 bits per heavy atom. The molecule has 3 N–H and O–H groups in total. The van der Waals surface area contributed by atoms with Crippen molar-refractivity contribution in [1.29, 1.82) is 0 Å². The third-order valence-electron chi connectivity index (χ3n) is 2.30. The number of nitrogens with two attached hydrogens (primary N) is 1. The van der Waals surface area contributed by atoms with Crippen molar-refractivity contribution >= 4 is 5.91 Å². The molecule has 1 unspecified atom stereocenters. The van der Waals surface area contributed by atoms with Gasteiger partial charge in [-0.2, -0.15) is 0 Å². The van der Waals surface area contributed by atoms with Gasteiger partial charge in [0.2, 0.25) is 5.91 Å². The molecule has 0 aliphatic rings. The van der Waals surface area contributed by atoms with E-state index >= 15 is 0 Å². The highest BCUT2D eigenvalue weighted by molar-refractivity contribution is 5.76.